The van der Waals surface area contributed by atoms with Crippen LogP contribution >= 0.6 is 15.9 Å². The fourth-order valence-corrected chi connectivity index (χ4v) is 2.17. The van der Waals surface area contributed by atoms with E-state index in [9.17, 15) is 4.79 Å². The van der Waals surface area contributed by atoms with E-state index in [2.05, 4.69) is 32.3 Å². The zero-order valence-corrected chi connectivity index (χ0v) is 12.9. The normalized spacial score (nSPS) is 14.0. The minimum absolute atomic E-state index is 0.173. The summed E-state index contributed by atoms with van der Waals surface area (Å²) in [5.41, 5.74) is 0.461. The van der Waals surface area contributed by atoms with Crippen molar-refractivity contribution in [3.63, 3.8) is 0 Å². The van der Waals surface area contributed by atoms with Crippen molar-refractivity contribution in [3.8, 4) is 12.3 Å². The standard InChI is InChI=1S/C14H18BrN3O2/c1-2-7-18-14(19)13(15)12(9-17-18)16-6-3-8-20-10-11-4-5-11/h1,9,11,16H,3-8,10H2. The van der Waals surface area contributed by atoms with Gasteiger partial charge in [0.2, 0.25) is 0 Å². The van der Waals surface area contributed by atoms with E-state index < -0.39 is 0 Å². The largest absolute Gasteiger partial charge is 0.383 e. The lowest BCUT2D eigenvalue weighted by Gasteiger charge is -2.09. The summed E-state index contributed by atoms with van der Waals surface area (Å²) >= 11 is 3.28. The molecule has 1 aromatic rings. The SMILES string of the molecule is C#CCn1ncc(NCCCOCC2CC2)c(Br)c1=O. The highest BCUT2D eigenvalue weighted by molar-refractivity contribution is 9.10. The van der Waals surface area contributed by atoms with Gasteiger partial charge >= 0.3 is 0 Å². The first-order chi connectivity index (χ1) is 9.72. The zero-order valence-electron chi connectivity index (χ0n) is 11.3. The van der Waals surface area contributed by atoms with Crippen LogP contribution in [-0.2, 0) is 11.3 Å². The molecule has 108 valence electrons. The summed E-state index contributed by atoms with van der Waals surface area (Å²) in [6.45, 7) is 2.53. The first kappa shape index (κ1) is 15.1. The van der Waals surface area contributed by atoms with Crippen molar-refractivity contribution in [2.45, 2.75) is 25.8 Å². The second-order valence-electron chi connectivity index (χ2n) is 4.84. The zero-order chi connectivity index (χ0) is 14.4. The number of aromatic nitrogens is 2. The highest BCUT2D eigenvalue weighted by Crippen LogP contribution is 2.28. The molecule has 0 amide bonds. The third kappa shape index (κ3) is 4.36. The Morgan fingerprint density at radius 2 is 2.40 bits per heavy atom. The van der Waals surface area contributed by atoms with E-state index >= 15 is 0 Å². The summed E-state index contributed by atoms with van der Waals surface area (Å²) in [4.78, 5) is 11.9. The molecule has 1 saturated carbocycles. The number of rotatable bonds is 8. The molecule has 1 heterocycles. The minimum Gasteiger partial charge on any atom is -0.383 e. The molecule has 0 aromatic carbocycles. The Bertz CT molecular complexity index is 546. The Hall–Kier alpha value is -1.32. The molecule has 20 heavy (non-hydrogen) atoms. The van der Waals surface area contributed by atoms with Crippen molar-refractivity contribution in [2.24, 2.45) is 5.92 Å². The van der Waals surface area contributed by atoms with Crippen LogP contribution in [0.2, 0.25) is 0 Å². The van der Waals surface area contributed by atoms with Gasteiger partial charge in [0.25, 0.3) is 5.56 Å². The second-order valence-corrected chi connectivity index (χ2v) is 5.63. The highest BCUT2D eigenvalue weighted by Gasteiger charge is 2.20. The smallest absolute Gasteiger partial charge is 0.284 e. The van der Waals surface area contributed by atoms with Gasteiger partial charge in [-0.05, 0) is 41.1 Å². The number of hydrogen-bond acceptors (Lipinski definition) is 4. The van der Waals surface area contributed by atoms with Crippen LogP contribution < -0.4 is 10.9 Å². The van der Waals surface area contributed by atoms with Crippen LogP contribution in [0.15, 0.2) is 15.5 Å². The van der Waals surface area contributed by atoms with Crippen molar-refractivity contribution >= 4 is 21.6 Å². The molecule has 0 unspecified atom stereocenters. The lowest BCUT2D eigenvalue weighted by atomic mass is 10.4. The first-order valence-corrected chi connectivity index (χ1v) is 7.52. The lowest BCUT2D eigenvalue weighted by molar-refractivity contribution is 0.124. The molecule has 5 nitrogen and oxygen atoms in total. The molecule has 1 aromatic heterocycles. The van der Waals surface area contributed by atoms with Crippen molar-refractivity contribution in [1.82, 2.24) is 9.78 Å². The summed E-state index contributed by atoms with van der Waals surface area (Å²) in [5, 5.41) is 7.19. The molecule has 0 saturated heterocycles. The Kier molecular flexibility index (Phi) is 5.62. The molecule has 1 fully saturated rings. The lowest BCUT2D eigenvalue weighted by Crippen LogP contribution is -2.24. The molecule has 0 radical (unpaired) electrons. The predicted molar refractivity (Wildman–Crippen MR) is 81.7 cm³/mol. The van der Waals surface area contributed by atoms with E-state index in [-0.39, 0.29) is 12.1 Å². The predicted octanol–water partition coefficient (Wildman–Crippen LogP) is 1.87. The van der Waals surface area contributed by atoms with Gasteiger partial charge < -0.3 is 10.1 Å². The minimum atomic E-state index is -0.224. The maximum Gasteiger partial charge on any atom is 0.284 e. The number of terminal acetylenes is 1. The summed E-state index contributed by atoms with van der Waals surface area (Å²) in [6.07, 6.45) is 10.3. The molecule has 1 aliphatic rings. The number of nitrogens with one attached hydrogen (secondary N) is 1. The van der Waals surface area contributed by atoms with E-state index in [1.54, 1.807) is 6.20 Å². The first-order valence-electron chi connectivity index (χ1n) is 6.73. The van der Waals surface area contributed by atoms with Gasteiger partial charge in [-0.15, -0.1) is 6.42 Å². The molecule has 0 aliphatic heterocycles. The maximum absolute atomic E-state index is 11.9. The topological polar surface area (TPSA) is 56.1 Å². The van der Waals surface area contributed by atoms with Gasteiger partial charge in [-0.25, -0.2) is 4.68 Å². The van der Waals surface area contributed by atoms with E-state index in [1.165, 1.54) is 17.5 Å². The monoisotopic (exact) mass is 339 g/mol. The van der Waals surface area contributed by atoms with Crippen molar-refractivity contribution in [3.05, 3.63) is 21.0 Å². The molecule has 2 rings (SSSR count). The maximum atomic E-state index is 11.9. The van der Waals surface area contributed by atoms with Gasteiger partial charge in [0.1, 0.15) is 11.0 Å². The van der Waals surface area contributed by atoms with Gasteiger partial charge in [-0.1, -0.05) is 5.92 Å². The van der Waals surface area contributed by atoms with Crippen LogP contribution in [0.1, 0.15) is 19.3 Å². The average molecular weight is 340 g/mol. The van der Waals surface area contributed by atoms with Gasteiger partial charge in [0, 0.05) is 19.8 Å². The molecular formula is C14H18BrN3O2. The van der Waals surface area contributed by atoms with Gasteiger partial charge in [0.15, 0.2) is 0 Å². The summed E-state index contributed by atoms with van der Waals surface area (Å²) in [6, 6.07) is 0. The molecule has 0 atom stereocenters. The van der Waals surface area contributed by atoms with Crippen molar-refractivity contribution in [2.75, 3.05) is 25.1 Å². The quantitative estimate of drug-likeness (QED) is 0.580. The highest BCUT2D eigenvalue weighted by atomic mass is 79.9. The fourth-order valence-electron chi connectivity index (χ4n) is 1.72. The van der Waals surface area contributed by atoms with Crippen LogP contribution in [0.25, 0.3) is 0 Å². The number of ether oxygens (including phenoxy) is 1. The van der Waals surface area contributed by atoms with E-state index in [4.69, 9.17) is 11.2 Å². The number of halogens is 1. The Balaban J connectivity index is 1.76. The van der Waals surface area contributed by atoms with Crippen LogP contribution in [0.3, 0.4) is 0 Å². The third-order valence-electron chi connectivity index (χ3n) is 3.06. The number of anilines is 1. The van der Waals surface area contributed by atoms with E-state index in [1.807, 2.05) is 0 Å². The van der Waals surface area contributed by atoms with Crippen LogP contribution in [0.4, 0.5) is 5.69 Å². The third-order valence-corrected chi connectivity index (χ3v) is 3.82. The molecule has 1 N–H and O–H groups in total. The van der Waals surface area contributed by atoms with Gasteiger partial charge in [0.05, 0.1) is 11.9 Å². The molecule has 0 spiro atoms. The van der Waals surface area contributed by atoms with Crippen molar-refractivity contribution < 1.29 is 4.74 Å². The van der Waals surface area contributed by atoms with E-state index in [0.29, 0.717) is 10.2 Å². The molecule has 0 bridgehead atoms. The van der Waals surface area contributed by atoms with Gasteiger partial charge in [-0.3, -0.25) is 4.79 Å². The Morgan fingerprint density at radius 1 is 1.60 bits per heavy atom. The summed E-state index contributed by atoms with van der Waals surface area (Å²) in [5.74, 6) is 3.19. The molecular weight excluding hydrogens is 322 g/mol. The average Bonchev–Trinajstić information content (AvgIpc) is 3.25. The van der Waals surface area contributed by atoms with Crippen molar-refractivity contribution in [1.29, 1.82) is 0 Å². The Labute approximate surface area is 126 Å². The Morgan fingerprint density at radius 3 is 3.10 bits per heavy atom. The van der Waals surface area contributed by atoms with Crippen LogP contribution in [-0.4, -0.2) is 29.5 Å². The summed E-state index contributed by atoms with van der Waals surface area (Å²) < 4.78 is 7.25. The van der Waals surface area contributed by atoms with Crippen LogP contribution in [0, 0.1) is 18.3 Å². The number of hydrogen-bond donors (Lipinski definition) is 1. The molecule has 1 aliphatic carbocycles. The van der Waals surface area contributed by atoms with Gasteiger partial charge in [-0.2, -0.15) is 5.10 Å². The summed E-state index contributed by atoms with van der Waals surface area (Å²) in [7, 11) is 0. The van der Waals surface area contributed by atoms with Crippen LogP contribution in [0.5, 0.6) is 0 Å². The molecule has 6 heteroatoms. The number of nitrogens with zero attached hydrogens (tertiary/aromatic N) is 2. The second kappa shape index (κ2) is 7.46. The van der Waals surface area contributed by atoms with E-state index in [0.717, 1.165) is 32.1 Å². The fraction of sp³-hybridized carbons (Fsp3) is 0.571.